The number of nitrogens with one attached hydrogen (secondary N) is 2. The summed E-state index contributed by atoms with van der Waals surface area (Å²) >= 11 is 1.75. The first-order chi connectivity index (χ1) is 9.33. The van der Waals surface area contributed by atoms with Crippen molar-refractivity contribution in [3.63, 3.8) is 0 Å². The van der Waals surface area contributed by atoms with E-state index < -0.39 is 10.0 Å². The van der Waals surface area contributed by atoms with Crippen LogP contribution >= 0.6 is 11.3 Å². The van der Waals surface area contributed by atoms with Gasteiger partial charge in [0.15, 0.2) is 0 Å². The summed E-state index contributed by atoms with van der Waals surface area (Å²) in [5, 5.41) is 3.30. The van der Waals surface area contributed by atoms with Gasteiger partial charge in [0, 0.05) is 22.0 Å². The third kappa shape index (κ3) is 4.25. The van der Waals surface area contributed by atoms with Gasteiger partial charge in [-0.05, 0) is 43.7 Å². The molecule has 0 bridgehead atoms. The van der Waals surface area contributed by atoms with E-state index in [0.29, 0.717) is 5.69 Å². The summed E-state index contributed by atoms with van der Waals surface area (Å²) in [6, 6.07) is 9.85. The molecule has 0 unspecified atom stereocenters. The number of benzene rings is 1. The van der Waals surface area contributed by atoms with E-state index in [9.17, 15) is 8.42 Å². The van der Waals surface area contributed by atoms with Crippen LogP contribution in [0.4, 0.5) is 11.4 Å². The highest BCUT2D eigenvalue weighted by atomic mass is 32.2. The third-order valence-corrected chi connectivity index (χ3v) is 4.39. The summed E-state index contributed by atoms with van der Waals surface area (Å²) < 4.78 is 25.2. The fourth-order valence-electron chi connectivity index (χ4n) is 1.81. The van der Waals surface area contributed by atoms with Gasteiger partial charge in [0.25, 0.3) is 0 Å². The molecular weight excluding hydrogens is 292 g/mol. The van der Waals surface area contributed by atoms with E-state index in [1.54, 1.807) is 11.3 Å². The van der Waals surface area contributed by atoms with Crippen LogP contribution in [0.1, 0.15) is 15.3 Å². The minimum atomic E-state index is -3.26. The van der Waals surface area contributed by atoms with Gasteiger partial charge >= 0.3 is 0 Å². The second kappa shape index (κ2) is 5.85. The van der Waals surface area contributed by atoms with E-state index in [2.05, 4.69) is 29.1 Å². The second-order valence-corrected chi connectivity index (χ2v) is 7.89. The van der Waals surface area contributed by atoms with E-state index in [0.717, 1.165) is 24.1 Å². The Labute approximate surface area is 123 Å². The fraction of sp³-hybridized carbons (Fsp3) is 0.286. The van der Waals surface area contributed by atoms with Crippen LogP contribution in [-0.4, -0.2) is 14.7 Å². The van der Waals surface area contributed by atoms with Crippen LogP contribution in [0.3, 0.4) is 0 Å². The van der Waals surface area contributed by atoms with Crippen molar-refractivity contribution in [1.82, 2.24) is 0 Å². The van der Waals surface area contributed by atoms with Gasteiger partial charge in [-0.2, -0.15) is 0 Å². The van der Waals surface area contributed by atoms with Crippen LogP contribution in [0.5, 0.6) is 0 Å². The van der Waals surface area contributed by atoms with Gasteiger partial charge in [-0.25, -0.2) is 8.42 Å². The number of rotatable bonds is 5. The molecular formula is C14H18N2O2S2. The van der Waals surface area contributed by atoms with E-state index in [-0.39, 0.29) is 0 Å². The first kappa shape index (κ1) is 14.9. The molecule has 0 saturated heterocycles. The minimum Gasteiger partial charge on any atom is -0.380 e. The van der Waals surface area contributed by atoms with E-state index in [4.69, 9.17) is 0 Å². The molecule has 0 aliphatic rings. The number of sulfonamides is 1. The summed E-state index contributed by atoms with van der Waals surface area (Å²) in [4.78, 5) is 2.53. The second-order valence-electron chi connectivity index (χ2n) is 4.77. The van der Waals surface area contributed by atoms with Gasteiger partial charge in [-0.15, -0.1) is 11.3 Å². The van der Waals surface area contributed by atoms with Crippen LogP contribution in [0.2, 0.25) is 0 Å². The first-order valence-electron chi connectivity index (χ1n) is 6.21. The van der Waals surface area contributed by atoms with Gasteiger partial charge < -0.3 is 5.32 Å². The predicted molar refractivity (Wildman–Crippen MR) is 86.0 cm³/mol. The van der Waals surface area contributed by atoms with Crippen molar-refractivity contribution < 1.29 is 8.42 Å². The monoisotopic (exact) mass is 310 g/mol. The molecule has 1 heterocycles. The molecule has 2 aromatic rings. The molecule has 0 aliphatic heterocycles. The predicted octanol–water partition coefficient (Wildman–Crippen LogP) is 3.35. The van der Waals surface area contributed by atoms with Crippen molar-refractivity contribution in [2.24, 2.45) is 0 Å². The lowest BCUT2D eigenvalue weighted by atomic mass is 10.2. The smallest absolute Gasteiger partial charge is 0.229 e. The zero-order chi connectivity index (χ0) is 14.8. The molecule has 108 valence electrons. The molecule has 0 radical (unpaired) electrons. The third-order valence-electron chi connectivity index (χ3n) is 2.80. The lowest BCUT2D eigenvalue weighted by Crippen LogP contribution is -2.11. The average molecular weight is 310 g/mol. The van der Waals surface area contributed by atoms with Crippen molar-refractivity contribution in [2.45, 2.75) is 20.4 Å². The highest BCUT2D eigenvalue weighted by molar-refractivity contribution is 7.92. The maximum absolute atomic E-state index is 11.3. The summed E-state index contributed by atoms with van der Waals surface area (Å²) in [6.45, 7) is 4.69. The molecule has 0 fully saturated rings. The van der Waals surface area contributed by atoms with Gasteiger partial charge in [0.05, 0.1) is 11.9 Å². The molecule has 20 heavy (non-hydrogen) atoms. The summed E-state index contributed by atoms with van der Waals surface area (Å²) in [5.74, 6) is 0. The van der Waals surface area contributed by atoms with E-state index >= 15 is 0 Å². The highest BCUT2D eigenvalue weighted by Gasteiger charge is 2.06. The summed E-state index contributed by atoms with van der Waals surface area (Å²) in [6.07, 6.45) is 1.15. The quantitative estimate of drug-likeness (QED) is 0.890. The Balaban J connectivity index is 2.11. The molecule has 0 atom stereocenters. The van der Waals surface area contributed by atoms with Crippen molar-refractivity contribution in [1.29, 1.82) is 0 Å². The lowest BCUT2D eigenvalue weighted by Gasteiger charge is -2.11. The van der Waals surface area contributed by atoms with Gasteiger partial charge in [-0.3, -0.25) is 4.72 Å². The fourth-order valence-corrected chi connectivity index (χ4v) is 3.26. The van der Waals surface area contributed by atoms with Crippen molar-refractivity contribution in [3.05, 3.63) is 45.6 Å². The first-order valence-corrected chi connectivity index (χ1v) is 8.92. The number of hydrogen-bond donors (Lipinski definition) is 2. The van der Waals surface area contributed by atoms with Crippen LogP contribution in [0.25, 0.3) is 0 Å². The van der Waals surface area contributed by atoms with E-state index in [1.807, 2.05) is 25.1 Å². The molecule has 1 aromatic carbocycles. The van der Waals surface area contributed by atoms with Gasteiger partial charge in [-0.1, -0.05) is 6.07 Å². The topological polar surface area (TPSA) is 58.2 Å². The van der Waals surface area contributed by atoms with Gasteiger partial charge in [0.2, 0.25) is 10.0 Å². The number of hydrogen-bond acceptors (Lipinski definition) is 4. The van der Waals surface area contributed by atoms with Crippen LogP contribution in [0.15, 0.2) is 30.3 Å². The van der Waals surface area contributed by atoms with Crippen molar-refractivity contribution in [3.8, 4) is 0 Å². The molecule has 0 amide bonds. The average Bonchev–Trinajstić information content (AvgIpc) is 2.74. The summed E-state index contributed by atoms with van der Waals surface area (Å²) in [7, 11) is -3.26. The highest BCUT2D eigenvalue weighted by Crippen LogP contribution is 2.22. The Morgan fingerprint density at radius 2 is 1.90 bits per heavy atom. The normalized spacial score (nSPS) is 11.3. The van der Waals surface area contributed by atoms with Gasteiger partial charge in [0.1, 0.15) is 0 Å². The molecule has 2 rings (SSSR count). The maximum Gasteiger partial charge on any atom is 0.229 e. The Kier molecular flexibility index (Phi) is 4.35. The van der Waals surface area contributed by atoms with E-state index in [1.165, 1.54) is 9.75 Å². The summed E-state index contributed by atoms with van der Waals surface area (Å²) in [5.41, 5.74) is 2.40. The maximum atomic E-state index is 11.3. The molecule has 2 N–H and O–H groups in total. The van der Waals surface area contributed by atoms with Crippen LogP contribution < -0.4 is 10.0 Å². The Hall–Kier alpha value is -1.53. The lowest BCUT2D eigenvalue weighted by molar-refractivity contribution is 0.607. The Morgan fingerprint density at radius 3 is 2.50 bits per heavy atom. The Bertz CT molecular complexity index is 706. The van der Waals surface area contributed by atoms with Crippen molar-refractivity contribution in [2.75, 3.05) is 16.3 Å². The molecule has 0 aliphatic carbocycles. The SMILES string of the molecule is Cc1ccc(CNc2ccc(C)c(NS(C)(=O)=O)c2)s1. The Morgan fingerprint density at radius 1 is 1.15 bits per heavy atom. The van der Waals surface area contributed by atoms with Crippen LogP contribution in [-0.2, 0) is 16.6 Å². The molecule has 0 spiro atoms. The van der Waals surface area contributed by atoms with Crippen molar-refractivity contribution >= 4 is 32.7 Å². The minimum absolute atomic E-state index is 0.611. The van der Waals surface area contributed by atoms with Crippen LogP contribution in [0, 0.1) is 13.8 Å². The molecule has 1 aromatic heterocycles. The zero-order valence-corrected chi connectivity index (χ0v) is 13.4. The molecule has 4 nitrogen and oxygen atoms in total. The largest absolute Gasteiger partial charge is 0.380 e. The zero-order valence-electron chi connectivity index (χ0n) is 11.7. The molecule has 6 heteroatoms. The number of thiophene rings is 1. The standard InChI is InChI=1S/C14H18N2O2S2/c1-10-4-6-12(8-14(10)16-20(3,17)18)15-9-13-7-5-11(2)19-13/h4-8,15-16H,9H2,1-3H3. The number of anilines is 2. The number of aryl methyl sites for hydroxylation is 2. The molecule has 0 saturated carbocycles.